The van der Waals surface area contributed by atoms with Gasteiger partial charge in [-0.2, -0.15) is 0 Å². The van der Waals surface area contributed by atoms with Gasteiger partial charge >= 0.3 is 0 Å². The molecule has 0 radical (unpaired) electrons. The molecule has 0 aromatic rings. The van der Waals surface area contributed by atoms with Crippen LogP contribution in [0.2, 0.25) is 18.1 Å². The standard InChI is InChI=1S/C6H16O2Si/c1-6(2,3)9(4,5)8-7/h7H,1-5H3. The van der Waals surface area contributed by atoms with Crippen LogP contribution in [0, 0.1) is 0 Å². The summed E-state index contributed by atoms with van der Waals surface area (Å²) in [7, 11) is -1.82. The van der Waals surface area contributed by atoms with Gasteiger partial charge in [0.05, 0.1) is 0 Å². The predicted molar refractivity (Wildman–Crippen MR) is 40.9 cm³/mol. The maximum Gasteiger partial charge on any atom is 0.238 e. The summed E-state index contributed by atoms with van der Waals surface area (Å²) in [6.07, 6.45) is 0. The lowest BCUT2D eigenvalue weighted by Crippen LogP contribution is -2.39. The quantitative estimate of drug-likeness (QED) is 0.352. The summed E-state index contributed by atoms with van der Waals surface area (Å²) in [5.74, 6) is 0. The van der Waals surface area contributed by atoms with Gasteiger partial charge in [0.15, 0.2) is 0 Å². The molecule has 0 fully saturated rings. The van der Waals surface area contributed by atoms with Crippen LogP contribution >= 0.6 is 0 Å². The molecule has 0 aliphatic heterocycles. The van der Waals surface area contributed by atoms with Crippen LogP contribution in [0.15, 0.2) is 0 Å². The minimum atomic E-state index is -1.82. The highest BCUT2D eigenvalue weighted by Crippen LogP contribution is 2.35. The second kappa shape index (κ2) is 2.40. The molecule has 0 aromatic heterocycles. The zero-order valence-corrected chi connectivity index (χ0v) is 7.86. The predicted octanol–water partition coefficient (Wildman–Crippen LogP) is 2.48. The lowest BCUT2D eigenvalue weighted by molar-refractivity contribution is -0.154. The first-order chi connectivity index (χ1) is 3.81. The average Bonchev–Trinajstić information content (AvgIpc) is 1.64. The van der Waals surface area contributed by atoms with E-state index in [1.165, 1.54) is 0 Å². The Morgan fingerprint density at radius 2 is 1.56 bits per heavy atom. The summed E-state index contributed by atoms with van der Waals surface area (Å²) in [5.41, 5.74) is 0. The van der Waals surface area contributed by atoms with Gasteiger partial charge in [0.1, 0.15) is 0 Å². The molecule has 0 heterocycles. The second-order valence-corrected chi connectivity index (χ2v) is 8.55. The van der Waals surface area contributed by atoms with Crippen molar-refractivity contribution in [3.63, 3.8) is 0 Å². The zero-order chi connectivity index (χ0) is 7.71. The lowest BCUT2D eigenvalue weighted by atomic mass is 10.2. The largest absolute Gasteiger partial charge is 0.289 e. The van der Waals surface area contributed by atoms with E-state index in [-0.39, 0.29) is 5.04 Å². The van der Waals surface area contributed by atoms with Crippen LogP contribution in [0.1, 0.15) is 20.8 Å². The minimum absolute atomic E-state index is 0.113. The first-order valence-electron chi connectivity index (χ1n) is 3.14. The van der Waals surface area contributed by atoms with Crippen molar-refractivity contribution in [1.29, 1.82) is 0 Å². The maximum atomic E-state index is 8.49. The van der Waals surface area contributed by atoms with E-state index >= 15 is 0 Å². The van der Waals surface area contributed by atoms with Crippen molar-refractivity contribution >= 4 is 8.32 Å². The van der Waals surface area contributed by atoms with Crippen LogP contribution < -0.4 is 0 Å². The summed E-state index contributed by atoms with van der Waals surface area (Å²) < 4.78 is 4.44. The summed E-state index contributed by atoms with van der Waals surface area (Å²) in [6.45, 7) is 10.2. The normalized spacial score (nSPS) is 14.0. The smallest absolute Gasteiger partial charge is 0.238 e. The van der Waals surface area contributed by atoms with Gasteiger partial charge in [-0.1, -0.05) is 20.8 Å². The van der Waals surface area contributed by atoms with Crippen molar-refractivity contribution in [2.75, 3.05) is 0 Å². The van der Waals surface area contributed by atoms with Crippen molar-refractivity contribution in [3.05, 3.63) is 0 Å². The first-order valence-corrected chi connectivity index (χ1v) is 6.04. The summed E-state index contributed by atoms with van der Waals surface area (Å²) >= 11 is 0. The highest BCUT2D eigenvalue weighted by Gasteiger charge is 2.38. The summed E-state index contributed by atoms with van der Waals surface area (Å²) in [5, 5.41) is 8.60. The van der Waals surface area contributed by atoms with Crippen LogP contribution in [0.5, 0.6) is 0 Å². The van der Waals surface area contributed by atoms with Crippen molar-refractivity contribution in [3.8, 4) is 0 Å². The van der Waals surface area contributed by atoms with Gasteiger partial charge in [0.2, 0.25) is 8.32 Å². The van der Waals surface area contributed by atoms with E-state index in [0.29, 0.717) is 0 Å². The fourth-order valence-electron chi connectivity index (χ4n) is 0.137. The van der Waals surface area contributed by atoms with E-state index in [2.05, 4.69) is 25.3 Å². The van der Waals surface area contributed by atoms with Gasteiger partial charge in [-0.15, -0.1) is 0 Å². The molecular weight excluding hydrogens is 132 g/mol. The maximum absolute atomic E-state index is 8.49. The Bertz CT molecular complexity index is 93.7. The molecule has 3 heteroatoms. The number of hydrogen-bond donors (Lipinski definition) is 1. The number of rotatable bonds is 1. The van der Waals surface area contributed by atoms with E-state index in [1.54, 1.807) is 0 Å². The van der Waals surface area contributed by atoms with Gasteiger partial charge in [-0.25, -0.2) is 0 Å². The Labute approximate surface area is 57.9 Å². The molecule has 1 N–H and O–H groups in total. The topological polar surface area (TPSA) is 29.5 Å². The molecule has 0 saturated carbocycles. The third kappa shape index (κ3) is 2.08. The molecule has 9 heavy (non-hydrogen) atoms. The third-order valence-electron chi connectivity index (χ3n) is 2.03. The van der Waals surface area contributed by atoms with Gasteiger partial charge in [-0.05, 0) is 18.1 Å². The molecule has 0 unspecified atom stereocenters. The van der Waals surface area contributed by atoms with Crippen molar-refractivity contribution in [2.24, 2.45) is 0 Å². The molecule has 0 atom stereocenters. The van der Waals surface area contributed by atoms with Gasteiger partial charge in [0.25, 0.3) is 0 Å². The van der Waals surface area contributed by atoms with E-state index in [0.717, 1.165) is 0 Å². The van der Waals surface area contributed by atoms with E-state index < -0.39 is 8.32 Å². The van der Waals surface area contributed by atoms with Crippen LogP contribution in [0.3, 0.4) is 0 Å². The Kier molecular flexibility index (Phi) is 2.44. The molecular formula is C6H16O2Si. The Hall–Kier alpha value is 0.137. The highest BCUT2D eigenvalue weighted by molar-refractivity contribution is 6.73. The lowest BCUT2D eigenvalue weighted by Gasteiger charge is -2.32. The second-order valence-electron chi connectivity index (χ2n) is 3.85. The third-order valence-corrected chi connectivity index (χ3v) is 6.10. The summed E-state index contributed by atoms with van der Waals surface area (Å²) in [6, 6.07) is 0. The highest BCUT2D eigenvalue weighted by atomic mass is 28.4. The fraction of sp³-hybridized carbons (Fsp3) is 1.00. The Morgan fingerprint density at radius 1 is 1.22 bits per heavy atom. The zero-order valence-electron chi connectivity index (χ0n) is 6.86. The molecule has 0 aliphatic carbocycles. The molecule has 0 bridgehead atoms. The van der Waals surface area contributed by atoms with Gasteiger partial charge in [-0.3, -0.25) is 9.83 Å². The van der Waals surface area contributed by atoms with Crippen LogP contribution in [-0.2, 0) is 4.58 Å². The molecule has 0 aromatic carbocycles. The van der Waals surface area contributed by atoms with Crippen LogP contribution in [-0.4, -0.2) is 13.6 Å². The van der Waals surface area contributed by atoms with Gasteiger partial charge in [0, 0.05) is 0 Å². The minimum Gasteiger partial charge on any atom is -0.289 e. The van der Waals surface area contributed by atoms with Crippen molar-refractivity contribution in [1.82, 2.24) is 0 Å². The number of hydrogen-bond acceptors (Lipinski definition) is 2. The monoisotopic (exact) mass is 148 g/mol. The van der Waals surface area contributed by atoms with Gasteiger partial charge < -0.3 is 0 Å². The van der Waals surface area contributed by atoms with Crippen molar-refractivity contribution < 1.29 is 9.83 Å². The molecule has 0 aliphatic rings. The first kappa shape index (κ1) is 9.14. The Morgan fingerprint density at radius 3 is 1.56 bits per heavy atom. The fourth-order valence-corrected chi connectivity index (χ4v) is 0.411. The SMILES string of the molecule is CC(C)(C)[Si](C)(C)OO. The van der Waals surface area contributed by atoms with Crippen molar-refractivity contribution in [2.45, 2.75) is 38.9 Å². The van der Waals surface area contributed by atoms with E-state index in [9.17, 15) is 0 Å². The molecule has 0 rings (SSSR count). The summed E-state index contributed by atoms with van der Waals surface area (Å²) in [4.78, 5) is 0. The Balaban J connectivity index is 4.14. The molecule has 2 nitrogen and oxygen atoms in total. The molecule has 0 saturated heterocycles. The molecule has 56 valence electrons. The van der Waals surface area contributed by atoms with Crippen LogP contribution in [0.4, 0.5) is 0 Å². The van der Waals surface area contributed by atoms with E-state index in [1.807, 2.05) is 13.1 Å². The average molecular weight is 148 g/mol. The van der Waals surface area contributed by atoms with E-state index in [4.69, 9.17) is 5.26 Å². The molecule has 0 spiro atoms. The van der Waals surface area contributed by atoms with Crippen LogP contribution in [0.25, 0.3) is 0 Å². The molecule has 0 amide bonds.